The van der Waals surface area contributed by atoms with Crippen LogP contribution in [0.25, 0.3) is 20.7 Å². The SMILES string of the molecule is Cn1ncc(C(=O)O)c1-c1cc2c(Cl)cccc2s1. The Bertz CT molecular complexity index is 791. The molecule has 3 rings (SSSR count). The minimum Gasteiger partial charge on any atom is -0.478 e. The van der Waals surface area contributed by atoms with Crippen LogP contribution in [0.1, 0.15) is 10.4 Å². The lowest BCUT2D eigenvalue weighted by Crippen LogP contribution is -1.99. The Morgan fingerprint density at radius 3 is 2.95 bits per heavy atom. The lowest BCUT2D eigenvalue weighted by atomic mass is 10.2. The summed E-state index contributed by atoms with van der Waals surface area (Å²) in [5, 5.41) is 14.8. The van der Waals surface area contributed by atoms with Gasteiger partial charge in [-0.25, -0.2) is 4.79 Å². The molecule has 3 aromatic rings. The highest BCUT2D eigenvalue weighted by Gasteiger charge is 2.19. The molecule has 1 N–H and O–H groups in total. The first-order valence-corrected chi connectivity index (χ1v) is 6.71. The van der Waals surface area contributed by atoms with Gasteiger partial charge in [0.05, 0.1) is 16.8 Å². The van der Waals surface area contributed by atoms with E-state index >= 15 is 0 Å². The third-order valence-electron chi connectivity index (χ3n) is 2.91. The molecule has 0 radical (unpaired) electrons. The molecule has 19 heavy (non-hydrogen) atoms. The number of fused-ring (bicyclic) bond motifs is 1. The summed E-state index contributed by atoms with van der Waals surface area (Å²) in [5.41, 5.74) is 0.801. The normalized spacial score (nSPS) is 11.1. The second-order valence-corrected chi connectivity index (χ2v) is 5.59. The van der Waals surface area contributed by atoms with E-state index in [1.165, 1.54) is 17.5 Å². The minimum atomic E-state index is -0.980. The molecule has 0 atom stereocenters. The molecular weight excluding hydrogens is 284 g/mol. The number of thiophene rings is 1. The summed E-state index contributed by atoms with van der Waals surface area (Å²) in [5.74, 6) is -0.980. The topological polar surface area (TPSA) is 55.1 Å². The van der Waals surface area contributed by atoms with Crippen molar-refractivity contribution in [3.8, 4) is 10.6 Å². The van der Waals surface area contributed by atoms with Crippen LogP contribution in [0.5, 0.6) is 0 Å². The van der Waals surface area contributed by atoms with E-state index < -0.39 is 5.97 Å². The average Bonchev–Trinajstić information content (AvgIpc) is 2.92. The van der Waals surface area contributed by atoms with Crippen molar-refractivity contribution in [1.29, 1.82) is 0 Å². The molecule has 0 amide bonds. The highest BCUT2D eigenvalue weighted by Crippen LogP contribution is 2.37. The number of carboxylic acids is 1. The lowest BCUT2D eigenvalue weighted by molar-refractivity contribution is 0.0697. The predicted molar refractivity (Wildman–Crippen MR) is 76.0 cm³/mol. The minimum absolute atomic E-state index is 0.199. The molecule has 1 aromatic carbocycles. The van der Waals surface area contributed by atoms with Gasteiger partial charge >= 0.3 is 5.97 Å². The monoisotopic (exact) mass is 292 g/mol. The molecule has 0 saturated heterocycles. The van der Waals surface area contributed by atoms with E-state index in [9.17, 15) is 9.90 Å². The lowest BCUT2D eigenvalue weighted by Gasteiger charge is -1.99. The van der Waals surface area contributed by atoms with Gasteiger partial charge in [0.2, 0.25) is 0 Å². The maximum atomic E-state index is 11.2. The fourth-order valence-corrected chi connectivity index (χ4v) is 3.49. The van der Waals surface area contributed by atoms with Crippen LogP contribution in [0.15, 0.2) is 30.5 Å². The van der Waals surface area contributed by atoms with Crippen molar-refractivity contribution in [2.45, 2.75) is 0 Å². The van der Waals surface area contributed by atoms with E-state index in [1.54, 1.807) is 11.7 Å². The summed E-state index contributed by atoms with van der Waals surface area (Å²) >= 11 is 7.65. The van der Waals surface area contributed by atoms with Crippen molar-refractivity contribution < 1.29 is 9.90 Å². The molecule has 2 aromatic heterocycles. The van der Waals surface area contributed by atoms with E-state index in [1.807, 2.05) is 24.3 Å². The van der Waals surface area contributed by atoms with Gasteiger partial charge in [0.15, 0.2) is 0 Å². The number of halogens is 1. The first kappa shape index (κ1) is 12.2. The van der Waals surface area contributed by atoms with Crippen LogP contribution in [0, 0.1) is 0 Å². The Morgan fingerprint density at radius 2 is 2.26 bits per heavy atom. The van der Waals surface area contributed by atoms with Crippen LogP contribution in [0.4, 0.5) is 0 Å². The number of aromatic nitrogens is 2. The van der Waals surface area contributed by atoms with Crippen molar-refractivity contribution in [1.82, 2.24) is 9.78 Å². The van der Waals surface area contributed by atoms with Crippen LogP contribution in [-0.2, 0) is 7.05 Å². The third kappa shape index (κ3) is 1.91. The summed E-state index contributed by atoms with van der Waals surface area (Å²) in [6, 6.07) is 7.58. The summed E-state index contributed by atoms with van der Waals surface area (Å²) in [6.07, 6.45) is 1.36. The number of aryl methyl sites for hydroxylation is 1. The van der Waals surface area contributed by atoms with Crippen molar-refractivity contribution in [2.24, 2.45) is 7.05 Å². The molecule has 4 nitrogen and oxygen atoms in total. The van der Waals surface area contributed by atoms with Gasteiger partial charge in [-0.1, -0.05) is 17.7 Å². The molecule has 0 aliphatic carbocycles. The van der Waals surface area contributed by atoms with Crippen LogP contribution in [0.2, 0.25) is 5.02 Å². The van der Waals surface area contributed by atoms with Crippen molar-refractivity contribution in [2.75, 3.05) is 0 Å². The number of carbonyl (C=O) groups is 1. The first-order chi connectivity index (χ1) is 9.08. The van der Waals surface area contributed by atoms with Crippen molar-refractivity contribution in [3.63, 3.8) is 0 Å². The van der Waals surface area contributed by atoms with Crippen LogP contribution < -0.4 is 0 Å². The molecule has 0 bridgehead atoms. The molecule has 0 aliphatic rings. The van der Waals surface area contributed by atoms with E-state index in [0.29, 0.717) is 10.7 Å². The van der Waals surface area contributed by atoms with Gasteiger partial charge in [0.25, 0.3) is 0 Å². The maximum Gasteiger partial charge on any atom is 0.339 e. The Hall–Kier alpha value is -1.85. The number of carboxylic acid groups (broad SMARTS) is 1. The summed E-state index contributed by atoms with van der Waals surface area (Å²) in [6.45, 7) is 0. The Labute approximate surface area is 117 Å². The summed E-state index contributed by atoms with van der Waals surface area (Å²) in [4.78, 5) is 12.1. The van der Waals surface area contributed by atoms with Crippen LogP contribution in [0.3, 0.4) is 0 Å². The van der Waals surface area contributed by atoms with E-state index in [-0.39, 0.29) is 5.56 Å². The quantitative estimate of drug-likeness (QED) is 0.784. The number of rotatable bonds is 2. The Morgan fingerprint density at radius 1 is 1.47 bits per heavy atom. The van der Waals surface area contributed by atoms with Gasteiger partial charge in [-0.3, -0.25) is 4.68 Å². The Balaban J connectivity index is 2.28. The van der Waals surface area contributed by atoms with Gasteiger partial charge in [0, 0.05) is 22.2 Å². The number of aromatic carboxylic acids is 1. The Kier molecular flexibility index (Phi) is 2.80. The van der Waals surface area contributed by atoms with Crippen molar-refractivity contribution in [3.05, 3.63) is 41.0 Å². The fourth-order valence-electron chi connectivity index (χ4n) is 2.03. The zero-order chi connectivity index (χ0) is 13.6. The molecule has 0 saturated carbocycles. The molecule has 96 valence electrons. The molecule has 0 unspecified atom stereocenters. The number of hydrogen-bond donors (Lipinski definition) is 1. The number of benzene rings is 1. The third-order valence-corrected chi connectivity index (χ3v) is 4.35. The molecule has 0 spiro atoms. The summed E-state index contributed by atoms with van der Waals surface area (Å²) < 4.78 is 2.60. The first-order valence-electron chi connectivity index (χ1n) is 5.51. The van der Waals surface area contributed by atoms with Gasteiger partial charge in [-0.05, 0) is 18.2 Å². The molecule has 2 heterocycles. The maximum absolute atomic E-state index is 11.2. The van der Waals surface area contributed by atoms with E-state index in [4.69, 9.17) is 11.6 Å². The standard InChI is InChI=1S/C13H9ClN2O2S/c1-16-12(8(6-15-16)13(17)18)11-5-7-9(14)3-2-4-10(7)19-11/h2-6H,1H3,(H,17,18). The zero-order valence-electron chi connectivity index (χ0n) is 9.92. The molecule has 0 fully saturated rings. The second kappa shape index (κ2) is 4.36. The number of nitrogens with zero attached hydrogens (tertiary/aromatic N) is 2. The second-order valence-electron chi connectivity index (χ2n) is 4.10. The van der Waals surface area contributed by atoms with E-state index in [2.05, 4.69) is 5.10 Å². The smallest absolute Gasteiger partial charge is 0.339 e. The average molecular weight is 293 g/mol. The fraction of sp³-hybridized carbons (Fsp3) is 0.0769. The highest BCUT2D eigenvalue weighted by molar-refractivity contribution is 7.22. The molecule has 0 aliphatic heterocycles. The van der Waals surface area contributed by atoms with Crippen LogP contribution >= 0.6 is 22.9 Å². The zero-order valence-corrected chi connectivity index (χ0v) is 11.5. The highest BCUT2D eigenvalue weighted by atomic mass is 35.5. The van der Waals surface area contributed by atoms with Gasteiger partial charge in [-0.2, -0.15) is 5.10 Å². The predicted octanol–water partition coefficient (Wildman–Crippen LogP) is 3.65. The number of hydrogen-bond acceptors (Lipinski definition) is 3. The summed E-state index contributed by atoms with van der Waals surface area (Å²) in [7, 11) is 1.73. The van der Waals surface area contributed by atoms with Crippen molar-refractivity contribution >= 4 is 39.0 Å². The largest absolute Gasteiger partial charge is 0.478 e. The molecule has 6 heteroatoms. The van der Waals surface area contributed by atoms with Gasteiger partial charge in [-0.15, -0.1) is 11.3 Å². The van der Waals surface area contributed by atoms with Crippen LogP contribution in [-0.4, -0.2) is 20.9 Å². The van der Waals surface area contributed by atoms with Gasteiger partial charge < -0.3 is 5.11 Å². The molecular formula is C13H9ClN2O2S. The van der Waals surface area contributed by atoms with E-state index in [0.717, 1.165) is 15.0 Å². The van der Waals surface area contributed by atoms with Gasteiger partial charge in [0.1, 0.15) is 5.56 Å².